The Morgan fingerprint density at radius 2 is 1.81 bits per heavy atom. The van der Waals surface area contributed by atoms with Crippen LogP contribution in [-0.2, 0) is 0 Å². The lowest BCUT2D eigenvalue weighted by Gasteiger charge is -2.35. The topological polar surface area (TPSA) is 6.48 Å². The molecule has 0 bridgehead atoms. The van der Waals surface area contributed by atoms with E-state index in [0.717, 1.165) is 31.9 Å². The highest BCUT2D eigenvalue weighted by atomic mass is 35.5. The van der Waals surface area contributed by atoms with Gasteiger partial charge in [0.2, 0.25) is 0 Å². The Morgan fingerprint density at radius 3 is 2.44 bits per heavy atom. The molecule has 1 saturated heterocycles. The summed E-state index contributed by atoms with van der Waals surface area (Å²) >= 11 is 14.0. The van der Waals surface area contributed by atoms with Crippen LogP contribution in [0.25, 0.3) is 0 Å². The van der Waals surface area contributed by atoms with Crippen molar-refractivity contribution in [1.29, 1.82) is 0 Å². The first-order valence-electron chi connectivity index (χ1n) is 5.20. The van der Waals surface area contributed by atoms with E-state index in [1.54, 1.807) is 11.9 Å². The van der Waals surface area contributed by atoms with Crippen LogP contribution >= 0.6 is 35.1 Å². The number of anilines is 1. The van der Waals surface area contributed by atoms with Gasteiger partial charge in [0, 0.05) is 26.2 Å². The van der Waals surface area contributed by atoms with Crippen molar-refractivity contribution in [2.75, 3.05) is 37.3 Å². The highest BCUT2D eigenvalue weighted by Crippen LogP contribution is 2.33. The Morgan fingerprint density at radius 1 is 1.12 bits per heavy atom. The van der Waals surface area contributed by atoms with Gasteiger partial charge in [-0.3, -0.25) is 0 Å². The smallest absolute Gasteiger partial charge is 0.0825 e. The van der Waals surface area contributed by atoms with E-state index in [1.165, 1.54) is 0 Å². The number of benzene rings is 1. The van der Waals surface area contributed by atoms with Crippen molar-refractivity contribution in [3.63, 3.8) is 0 Å². The molecule has 0 aromatic heterocycles. The zero-order chi connectivity index (χ0) is 11.5. The van der Waals surface area contributed by atoms with E-state index in [0.29, 0.717) is 10.0 Å². The Balaban J connectivity index is 2.11. The van der Waals surface area contributed by atoms with Gasteiger partial charge in [-0.2, -0.15) is 0 Å². The Labute approximate surface area is 111 Å². The van der Waals surface area contributed by atoms with Crippen LogP contribution in [0.15, 0.2) is 18.2 Å². The lowest BCUT2D eigenvalue weighted by Crippen LogP contribution is -2.43. The molecule has 1 aromatic rings. The summed E-state index contributed by atoms with van der Waals surface area (Å²) in [5.41, 5.74) is 1.05. The molecule has 0 saturated carbocycles. The molecule has 1 fully saturated rings. The second kappa shape index (κ2) is 5.50. The number of hydrogen-bond donors (Lipinski definition) is 0. The molecular weight excluding hydrogens is 263 g/mol. The average Bonchev–Trinajstić information content (AvgIpc) is 2.33. The Bertz CT molecular complexity index is 365. The van der Waals surface area contributed by atoms with Crippen molar-refractivity contribution >= 4 is 40.8 Å². The summed E-state index contributed by atoms with van der Waals surface area (Å²) in [6.07, 6.45) is 2.11. The second-order valence-electron chi connectivity index (χ2n) is 3.67. The van der Waals surface area contributed by atoms with Crippen molar-refractivity contribution in [3.05, 3.63) is 28.2 Å². The number of piperazine rings is 1. The van der Waals surface area contributed by atoms with Gasteiger partial charge in [-0.1, -0.05) is 41.2 Å². The van der Waals surface area contributed by atoms with Gasteiger partial charge in [0.15, 0.2) is 0 Å². The van der Waals surface area contributed by atoms with Crippen LogP contribution < -0.4 is 4.90 Å². The molecule has 1 aliphatic rings. The highest BCUT2D eigenvalue weighted by Gasteiger charge is 2.18. The Hall–Kier alpha value is -0.0900. The molecule has 1 aliphatic heterocycles. The van der Waals surface area contributed by atoms with Gasteiger partial charge >= 0.3 is 0 Å². The highest BCUT2D eigenvalue weighted by molar-refractivity contribution is 7.96. The molecule has 0 N–H and O–H groups in total. The summed E-state index contributed by atoms with van der Waals surface area (Å²) in [5, 5.41) is 1.30. The fourth-order valence-electron chi connectivity index (χ4n) is 1.85. The molecule has 0 atom stereocenters. The van der Waals surface area contributed by atoms with Crippen LogP contribution in [-0.4, -0.2) is 36.7 Å². The van der Waals surface area contributed by atoms with Gasteiger partial charge in [0.1, 0.15) is 0 Å². The third-order valence-electron chi connectivity index (χ3n) is 2.77. The van der Waals surface area contributed by atoms with Gasteiger partial charge in [0.05, 0.1) is 15.7 Å². The van der Waals surface area contributed by atoms with Crippen LogP contribution in [0.2, 0.25) is 10.0 Å². The lowest BCUT2D eigenvalue weighted by atomic mass is 10.2. The Kier molecular flexibility index (Phi) is 4.25. The molecule has 88 valence electrons. The molecule has 0 amide bonds. The van der Waals surface area contributed by atoms with Crippen molar-refractivity contribution in [1.82, 2.24) is 4.31 Å². The maximum absolute atomic E-state index is 6.20. The molecule has 0 spiro atoms. The third kappa shape index (κ3) is 2.59. The molecule has 5 heteroatoms. The van der Waals surface area contributed by atoms with E-state index in [2.05, 4.69) is 15.5 Å². The molecule has 1 aromatic carbocycles. The number of halogens is 2. The van der Waals surface area contributed by atoms with Gasteiger partial charge in [-0.25, -0.2) is 4.31 Å². The lowest BCUT2D eigenvalue weighted by molar-refractivity contribution is 0.431. The SMILES string of the molecule is CSN1CCN(c2cccc(Cl)c2Cl)CC1. The fourth-order valence-corrected chi connectivity index (χ4v) is 2.79. The van der Waals surface area contributed by atoms with Crippen LogP contribution in [0.3, 0.4) is 0 Å². The number of rotatable bonds is 2. The minimum Gasteiger partial charge on any atom is -0.368 e. The van der Waals surface area contributed by atoms with E-state index >= 15 is 0 Å². The monoisotopic (exact) mass is 276 g/mol. The summed E-state index contributed by atoms with van der Waals surface area (Å²) in [4.78, 5) is 2.29. The summed E-state index contributed by atoms with van der Waals surface area (Å²) < 4.78 is 2.36. The normalized spacial score (nSPS) is 17.8. The van der Waals surface area contributed by atoms with E-state index in [4.69, 9.17) is 23.2 Å². The minimum atomic E-state index is 0.631. The predicted molar refractivity (Wildman–Crippen MR) is 73.8 cm³/mol. The molecule has 0 unspecified atom stereocenters. The first-order valence-corrected chi connectivity index (χ1v) is 7.14. The molecule has 16 heavy (non-hydrogen) atoms. The zero-order valence-corrected chi connectivity index (χ0v) is 11.4. The van der Waals surface area contributed by atoms with E-state index in [-0.39, 0.29) is 0 Å². The van der Waals surface area contributed by atoms with Crippen LogP contribution in [0, 0.1) is 0 Å². The van der Waals surface area contributed by atoms with E-state index in [9.17, 15) is 0 Å². The summed E-state index contributed by atoms with van der Waals surface area (Å²) in [6, 6.07) is 5.80. The summed E-state index contributed by atoms with van der Waals surface area (Å²) in [6.45, 7) is 4.12. The standard InChI is InChI=1S/C11H14Cl2N2S/c1-16-15-7-5-14(6-8-15)10-4-2-3-9(12)11(10)13/h2-4H,5-8H2,1H3. The molecular formula is C11H14Cl2N2S. The van der Waals surface area contributed by atoms with Gasteiger partial charge < -0.3 is 4.90 Å². The average molecular weight is 277 g/mol. The molecule has 2 nitrogen and oxygen atoms in total. The summed E-state index contributed by atoms with van der Waals surface area (Å²) in [5.74, 6) is 0. The minimum absolute atomic E-state index is 0.631. The predicted octanol–water partition coefficient (Wildman–Crippen LogP) is 3.39. The van der Waals surface area contributed by atoms with Crippen LogP contribution in [0.1, 0.15) is 0 Å². The van der Waals surface area contributed by atoms with Crippen molar-refractivity contribution in [3.8, 4) is 0 Å². The van der Waals surface area contributed by atoms with Crippen molar-refractivity contribution in [2.45, 2.75) is 0 Å². The molecule has 0 radical (unpaired) electrons. The first-order chi connectivity index (χ1) is 7.72. The fraction of sp³-hybridized carbons (Fsp3) is 0.455. The third-order valence-corrected chi connectivity index (χ3v) is 4.46. The molecule has 0 aliphatic carbocycles. The van der Waals surface area contributed by atoms with Crippen LogP contribution in [0.5, 0.6) is 0 Å². The van der Waals surface area contributed by atoms with Crippen molar-refractivity contribution in [2.24, 2.45) is 0 Å². The molecule has 1 heterocycles. The van der Waals surface area contributed by atoms with Gasteiger partial charge in [-0.05, 0) is 18.4 Å². The van der Waals surface area contributed by atoms with Crippen molar-refractivity contribution < 1.29 is 0 Å². The van der Waals surface area contributed by atoms with E-state index < -0.39 is 0 Å². The van der Waals surface area contributed by atoms with Gasteiger partial charge in [0.25, 0.3) is 0 Å². The quantitative estimate of drug-likeness (QED) is 0.765. The maximum Gasteiger partial charge on any atom is 0.0825 e. The van der Waals surface area contributed by atoms with E-state index in [1.807, 2.05) is 18.2 Å². The largest absolute Gasteiger partial charge is 0.368 e. The maximum atomic E-state index is 6.20. The number of hydrogen-bond acceptors (Lipinski definition) is 3. The van der Waals surface area contributed by atoms with Crippen LogP contribution in [0.4, 0.5) is 5.69 Å². The van der Waals surface area contributed by atoms with Gasteiger partial charge in [-0.15, -0.1) is 0 Å². The second-order valence-corrected chi connectivity index (χ2v) is 5.34. The molecule has 2 rings (SSSR count). The first kappa shape index (κ1) is 12.4. The number of nitrogens with zero attached hydrogens (tertiary/aromatic N) is 2. The summed E-state index contributed by atoms with van der Waals surface area (Å²) in [7, 11) is 0. The zero-order valence-electron chi connectivity index (χ0n) is 9.12.